The molecule has 0 amide bonds. The van der Waals surface area contributed by atoms with Gasteiger partial charge in [-0.3, -0.25) is 0 Å². The molecule has 0 spiro atoms. The number of anilines is 2. The Morgan fingerprint density at radius 1 is 1.22 bits per heavy atom. The van der Waals surface area contributed by atoms with Crippen molar-refractivity contribution in [2.45, 2.75) is 0 Å². The summed E-state index contributed by atoms with van der Waals surface area (Å²) in [6.07, 6.45) is 2.85. The smallest absolute Gasteiger partial charge is 0.182 e. The molecule has 0 saturated carbocycles. The average Bonchev–Trinajstić information content (AvgIpc) is 2.83. The minimum Gasteiger partial charge on any atom is -0.340 e. The third-order valence-corrected chi connectivity index (χ3v) is 2.64. The van der Waals surface area contributed by atoms with Crippen molar-refractivity contribution in [1.82, 2.24) is 19.9 Å². The molecule has 7 heteroatoms. The molecular formula is C11H7ClFN5. The molecule has 2 aromatic heterocycles. The first-order chi connectivity index (χ1) is 8.74. The second kappa shape index (κ2) is 4.23. The van der Waals surface area contributed by atoms with Crippen molar-refractivity contribution >= 4 is 34.3 Å². The van der Waals surface area contributed by atoms with Crippen LogP contribution in [-0.2, 0) is 0 Å². The number of halogens is 2. The van der Waals surface area contributed by atoms with Crippen molar-refractivity contribution < 1.29 is 4.39 Å². The van der Waals surface area contributed by atoms with E-state index >= 15 is 0 Å². The highest BCUT2D eigenvalue weighted by Gasteiger charge is 2.09. The van der Waals surface area contributed by atoms with E-state index in [1.165, 1.54) is 30.9 Å². The molecule has 0 aliphatic rings. The third kappa shape index (κ3) is 1.86. The van der Waals surface area contributed by atoms with E-state index < -0.39 is 5.82 Å². The number of nitrogens with one attached hydrogen (secondary N) is 2. The van der Waals surface area contributed by atoms with Crippen LogP contribution in [0.25, 0.3) is 11.2 Å². The van der Waals surface area contributed by atoms with Crippen LogP contribution in [0.1, 0.15) is 0 Å². The zero-order valence-electron chi connectivity index (χ0n) is 8.98. The number of benzene rings is 1. The van der Waals surface area contributed by atoms with Crippen LogP contribution >= 0.6 is 11.6 Å². The lowest BCUT2D eigenvalue weighted by atomic mass is 10.3. The lowest BCUT2D eigenvalue weighted by Gasteiger charge is -2.07. The third-order valence-electron chi connectivity index (χ3n) is 2.40. The zero-order chi connectivity index (χ0) is 12.5. The van der Waals surface area contributed by atoms with Gasteiger partial charge in [-0.05, 0) is 18.2 Å². The molecule has 0 aliphatic carbocycles. The van der Waals surface area contributed by atoms with Gasteiger partial charge in [-0.15, -0.1) is 0 Å². The number of imidazole rings is 1. The summed E-state index contributed by atoms with van der Waals surface area (Å²) in [5.41, 5.74) is 1.36. The maximum atomic E-state index is 13.6. The Labute approximate surface area is 106 Å². The summed E-state index contributed by atoms with van der Waals surface area (Å²) < 4.78 is 13.6. The lowest BCUT2D eigenvalue weighted by Crippen LogP contribution is -1.98. The Hall–Kier alpha value is -2.21. The maximum Gasteiger partial charge on any atom is 0.182 e. The second-order valence-corrected chi connectivity index (χ2v) is 4.01. The molecular weight excluding hydrogens is 257 g/mol. The summed E-state index contributed by atoms with van der Waals surface area (Å²) in [6, 6.07) is 4.26. The van der Waals surface area contributed by atoms with Crippen molar-refractivity contribution in [2.75, 3.05) is 5.32 Å². The summed E-state index contributed by atoms with van der Waals surface area (Å²) in [7, 11) is 0. The molecule has 18 heavy (non-hydrogen) atoms. The minimum absolute atomic E-state index is 0.247. The summed E-state index contributed by atoms with van der Waals surface area (Å²) in [5.74, 6) is 0.0318. The van der Waals surface area contributed by atoms with Gasteiger partial charge in [0.15, 0.2) is 11.5 Å². The monoisotopic (exact) mass is 263 g/mol. The van der Waals surface area contributed by atoms with E-state index in [4.69, 9.17) is 11.6 Å². The molecule has 0 aliphatic heterocycles. The van der Waals surface area contributed by atoms with Gasteiger partial charge in [0.25, 0.3) is 0 Å². The number of hydrogen-bond acceptors (Lipinski definition) is 4. The minimum atomic E-state index is -0.411. The second-order valence-electron chi connectivity index (χ2n) is 3.57. The zero-order valence-corrected chi connectivity index (χ0v) is 9.74. The Bertz CT molecular complexity index is 711. The molecule has 2 N–H and O–H groups in total. The molecule has 3 rings (SSSR count). The van der Waals surface area contributed by atoms with Gasteiger partial charge in [0, 0.05) is 5.02 Å². The molecule has 0 saturated heterocycles. The van der Waals surface area contributed by atoms with Crippen LogP contribution in [0.4, 0.5) is 15.9 Å². The lowest BCUT2D eigenvalue weighted by molar-refractivity contribution is 0.632. The number of aromatic amines is 1. The van der Waals surface area contributed by atoms with E-state index in [0.29, 0.717) is 22.0 Å². The van der Waals surface area contributed by atoms with Crippen LogP contribution in [0.15, 0.2) is 30.9 Å². The Morgan fingerprint density at radius 3 is 3.00 bits per heavy atom. The first kappa shape index (κ1) is 10.9. The van der Waals surface area contributed by atoms with E-state index in [1.54, 1.807) is 0 Å². The van der Waals surface area contributed by atoms with Crippen molar-refractivity contribution in [3.05, 3.63) is 41.7 Å². The van der Waals surface area contributed by atoms with Gasteiger partial charge in [-0.25, -0.2) is 19.3 Å². The molecule has 90 valence electrons. The molecule has 0 unspecified atom stereocenters. The predicted molar refractivity (Wildman–Crippen MR) is 66.4 cm³/mol. The first-order valence-corrected chi connectivity index (χ1v) is 5.48. The molecule has 1 aromatic carbocycles. The largest absolute Gasteiger partial charge is 0.340 e. The Morgan fingerprint density at radius 2 is 2.11 bits per heavy atom. The number of nitrogens with zero attached hydrogens (tertiary/aromatic N) is 3. The highest BCUT2D eigenvalue weighted by molar-refractivity contribution is 6.30. The molecule has 0 radical (unpaired) electrons. The fraction of sp³-hybridized carbons (Fsp3) is 0. The van der Waals surface area contributed by atoms with Crippen molar-refractivity contribution in [1.29, 1.82) is 0 Å². The normalized spacial score (nSPS) is 10.8. The van der Waals surface area contributed by atoms with Gasteiger partial charge < -0.3 is 10.3 Å². The van der Waals surface area contributed by atoms with Gasteiger partial charge in [0.05, 0.1) is 12.0 Å². The highest BCUT2D eigenvalue weighted by atomic mass is 35.5. The molecule has 3 aromatic rings. The van der Waals surface area contributed by atoms with E-state index in [2.05, 4.69) is 25.3 Å². The van der Waals surface area contributed by atoms with Crippen molar-refractivity contribution in [3.63, 3.8) is 0 Å². The first-order valence-electron chi connectivity index (χ1n) is 5.10. The SMILES string of the molecule is Fc1ccc(Cl)cc1Nc1ncnc2nc[nH]c12. The number of aromatic nitrogens is 4. The van der Waals surface area contributed by atoms with Gasteiger partial charge in [-0.2, -0.15) is 0 Å². The van der Waals surface area contributed by atoms with E-state index in [0.717, 1.165) is 0 Å². The molecule has 0 bridgehead atoms. The van der Waals surface area contributed by atoms with Crippen LogP contribution in [0.5, 0.6) is 0 Å². The maximum absolute atomic E-state index is 13.6. The van der Waals surface area contributed by atoms with Crippen molar-refractivity contribution in [3.8, 4) is 0 Å². The van der Waals surface area contributed by atoms with Crippen LogP contribution in [0.2, 0.25) is 5.02 Å². The fourth-order valence-electron chi connectivity index (χ4n) is 1.58. The fourth-order valence-corrected chi connectivity index (χ4v) is 1.75. The van der Waals surface area contributed by atoms with Crippen LogP contribution in [-0.4, -0.2) is 19.9 Å². The Kier molecular flexibility index (Phi) is 2.56. The van der Waals surface area contributed by atoms with Gasteiger partial charge in [0.1, 0.15) is 17.7 Å². The summed E-state index contributed by atoms with van der Waals surface area (Å²) in [6.45, 7) is 0. The highest BCUT2D eigenvalue weighted by Crippen LogP contribution is 2.25. The van der Waals surface area contributed by atoms with E-state index in [1.807, 2.05) is 0 Å². The molecule has 2 heterocycles. The standard InChI is InChI=1S/C11H7ClFN5/c12-6-1-2-7(13)8(3-6)18-11-9-10(15-4-14-9)16-5-17-11/h1-5H,(H2,14,15,16,17,18). The van der Waals surface area contributed by atoms with Gasteiger partial charge in [0.2, 0.25) is 0 Å². The van der Waals surface area contributed by atoms with Gasteiger partial charge in [-0.1, -0.05) is 11.6 Å². The van der Waals surface area contributed by atoms with Crippen LogP contribution in [0, 0.1) is 5.82 Å². The van der Waals surface area contributed by atoms with E-state index in [-0.39, 0.29) is 5.69 Å². The van der Waals surface area contributed by atoms with Crippen molar-refractivity contribution in [2.24, 2.45) is 0 Å². The topological polar surface area (TPSA) is 66.5 Å². The number of rotatable bonds is 2. The summed E-state index contributed by atoms with van der Waals surface area (Å²) in [5, 5.41) is 3.30. The summed E-state index contributed by atoms with van der Waals surface area (Å²) in [4.78, 5) is 14.9. The van der Waals surface area contributed by atoms with Gasteiger partial charge >= 0.3 is 0 Å². The van der Waals surface area contributed by atoms with E-state index in [9.17, 15) is 4.39 Å². The van der Waals surface area contributed by atoms with Crippen LogP contribution < -0.4 is 5.32 Å². The van der Waals surface area contributed by atoms with Crippen LogP contribution in [0.3, 0.4) is 0 Å². The molecule has 5 nitrogen and oxygen atoms in total. The summed E-state index contributed by atoms with van der Waals surface area (Å²) >= 11 is 5.82. The Balaban J connectivity index is 2.06. The number of fused-ring (bicyclic) bond motifs is 1. The predicted octanol–water partition coefficient (Wildman–Crippen LogP) is 2.89. The average molecular weight is 264 g/mol. The molecule has 0 fully saturated rings. The number of hydrogen-bond donors (Lipinski definition) is 2. The molecule has 0 atom stereocenters. The number of H-pyrrole nitrogens is 1. The quantitative estimate of drug-likeness (QED) is 0.746.